The summed E-state index contributed by atoms with van der Waals surface area (Å²) in [7, 11) is 2.98. The minimum atomic E-state index is -0.899. The van der Waals surface area contributed by atoms with Crippen molar-refractivity contribution >= 4 is 23.7 Å². The lowest BCUT2D eigenvalue weighted by molar-refractivity contribution is -0.117. The standard InChI is InChI=1S/C8H14N6O4S/c1-17-6(18-2)3-14-8(11-12-13-14)19-4-5(15)10-7(9)16/h6H,3-4H2,1-2H3,(H3,9,10,15,16). The number of amides is 3. The number of nitrogens with one attached hydrogen (secondary N) is 1. The molecule has 0 atom stereocenters. The van der Waals surface area contributed by atoms with Crippen molar-refractivity contribution in [2.24, 2.45) is 5.73 Å². The number of methoxy groups -OCH3 is 2. The highest BCUT2D eigenvalue weighted by atomic mass is 32.2. The Morgan fingerprint density at radius 3 is 2.74 bits per heavy atom. The number of thioether (sulfide) groups is 1. The van der Waals surface area contributed by atoms with Crippen molar-refractivity contribution in [3.8, 4) is 0 Å². The van der Waals surface area contributed by atoms with Crippen LogP contribution < -0.4 is 11.1 Å². The number of tetrazole rings is 1. The van der Waals surface area contributed by atoms with Gasteiger partial charge in [-0.25, -0.2) is 9.48 Å². The van der Waals surface area contributed by atoms with Crippen molar-refractivity contribution in [2.45, 2.75) is 18.0 Å². The fraction of sp³-hybridized carbons (Fsp3) is 0.625. The molecule has 0 fully saturated rings. The van der Waals surface area contributed by atoms with Gasteiger partial charge >= 0.3 is 6.03 Å². The summed E-state index contributed by atoms with van der Waals surface area (Å²) in [6, 6.07) is -0.899. The Balaban J connectivity index is 2.53. The fourth-order valence-electron chi connectivity index (χ4n) is 1.10. The van der Waals surface area contributed by atoms with E-state index in [0.29, 0.717) is 5.16 Å². The highest BCUT2D eigenvalue weighted by molar-refractivity contribution is 7.99. The average molecular weight is 290 g/mol. The number of primary amides is 1. The summed E-state index contributed by atoms with van der Waals surface area (Å²) in [5.41, 5.74) is 4.82. The Kier molecular flexibility index (Phi) is 6.18. The number of ether oxygens (including phenoxy) is 2. The molecule has 3 N–H and O–H groups in total. The van der Waals surface area contributed by atoms with Gasteiger partial charge < -0.3 is 15.2 Å². The summed E-state index contributed by atoms with van der Waals surface area (Å²) in [5, 5.41) is 13.3. The zero-order chi connectivity index (χ0) is 14.3. The molecule has 0 unspecified atom stereocenters. The predicted octanol–water partition coefficient (Wildman–Crippen LogP) is -1.42. The van der Waals surface area contributed by atoms with Gasteiger partial charge in [0.15, 0.2) is 6.29 Å². The summed E-state index contributed by atoms with van der Waals surface area (Å²) in [6.45, 7) is 0.278. The van der Waals surface area contributed by atoms with E-state index in [1.54, 1.807) is 0 Å². The van der Waals surface area contributed by atoms with Gasteiger partial charge in [0.25, 0.3) is 0 Å². The van der Waals surface area contributed by atoms with Gasteiger partial charge in [0.2, 0.25) is 11.1 Å². The van der Waals surface area contributed by atoms with E-state index < -0.39 is 18.2 Å². The van der Waals surface area contributed by atoms with Gasteiger partial charge in [-0.3, -0.25) is 10.1 Å². The molecule has 1 rings (SSSR count). The van der Waals surface area contributed by atoms with Crippen LogP contribution in [0.5, 0.6) is 0 Å². The summed E-state index contributed by atoms with van der Waals surface area (Å²) in [5.74, 6) is -0.560. The SMILES string of the molecule is COC(Cn1nnnc1SCC(=O)NC(N)=O)OC. The second-order valence-corrected chi connectivity index (χ2v) is 4.19. The van der Waals surface area contributed by atoms with Crippen molar-refractivity contribution < 1.29 is 19.1 Å². The van der Waals surface area contributed by atoms with Crippen molar-refractivity contribution in [3.63, 3.8) is 0 Å². The summed E-state index contributed by atoms with van der Waals surface area (Å²) >= 11 is 1.06. The number of aromatic nitrogens is 4. The first-order valence-corrected chi connectivity index (χ1v) is 6.09. The Labute approximate surface area is 113 Å². The number of hydrogen-bond acceptors (Lipinski definition) is 8. The number of nitrogens with zero attached hydrogens (tertiary/aromatic N) is 4. The third-order valence-electron chi connectivity index (χ3n) is 1.94. The summed E-state index contributed by atoms with van der Waals surface area (Å²) in [6.07, 6.45) is -0.498. The second-order valence-electron chi connectivity index (χ2n) is 3.25. The van der Waals surface area contributed by atoms with E-state index in [4.69, 9.17) is 15.2 Å². The highest BCUT2D eigenvalue weighted by Gasteiger charge is 2.14. The number of imide groups is 1. The predicted molar refractivity (Wildman–Crippen MR) is 64.1 cm³/mol. The van der Waals surface area contributed by atoms with Crippen molar-refractivity contribution in [3.05, 3.63) is 0 Å². The largest absolute Gasteiger partial charge is 0.354 e. The zero-order valence-corrected chi connectivity index (χ0v) is 11.2. The summed E-state index contributed by atoms with van der Waals surface area (Å²) in [4.78, 5) is 21.7. The molecule has 1 aromatic rings. The summed E-state index contributed by atoms with van der Waals surface area (Å²) < 4.78 is 11.5. The van der Waals surface area contributed by atoms with E-state index in [2.05, 4.69) is 15.5 Å². The molecule has 0 saturated carbocycles. The first-order chi connectivity index (χ1) is 9.06. The topological polar surface area (TPSA) is 134 Å². The normalized spacial score (nSPS) is 10.7. The third kappa shape index (κ3) is 5.19. The lowest BCUT2D eigenvalue weighted by Crippen LogP contribution is -2.36. The van der Waals surface area contributed by atoms with Gasteiger partial charge in [-0.2, -0.15) is 0 Å². The molecule has 0 spiro atoms. The number of nitrogens with two attached hydrogens (primary N) is 1. The van der Waals surface area contributed by atoms with Crippen molar-refractivity contribution in [1.82, 2.24) is 25.5 Å². The minimum absolute atomic E-state index is 0.0338. The molecule has 1 aromatic heterocycles. The van der Waals surface area contributed by atoms with Gasteiger partial charge in [-0.05, 0) is 10.4 Å². The van der Waals surface area contributed by atoms with Crippen LogP contribution in [0.1, 0.15) is 0 Å². The quantitative estimate of drug-likeness (QED) is 0.461. The van der Waals surface area contributed by atoms with Crippen LogP contribution in [0.15, 0.2) is 5.16 Å². The number of urea groups is 1. The third-order valence-corrected chi connectivity index (χ3v) is 2.90. The number of carbonyl (C=O) groups is 2. The highest BCUT2D eigenvalue weighted by Crippen LogP contribution is 2.13. The molecule has 0 aromatic carbocycles. The molecule has 10 nitrogen and oxygen atoms in total. The first-order valence-electron chi connectivity index (χ1n) is 5.10. The lowest BCUT2D eigenvalue weighted by atomic mass is 10.6. The van der Waals surface area contributed by atoms with Crippen LogP contribution in [0.25, 0.3) is 0 Å². The van der Waals surface area contributed by atoms with Crippen LogP contribution >= 0.6 is 11.8 Å². The Bertz CT molecular complexity index is 435. The molecule has 3 amide bonds. The number of carbonyl (C=O) groups excluding carboxylic acids is 2. The molecule has 0 saturated heterocycles. The monoisotopic (exact) mass is 290 g/mol. The zero-order valence-electron chi connectivity index (χ0n) is 10.4. The Morgan fingerprint density at radius 2 is 2.16 bits per heavy atom. The molecule has 11 heteroatoms. The molecule has 0 aliphatic carbocycles. The molecular weight excluding hydrogens is 276 g/mol. The van der Waals surface area contributed by atoms with E-state index in [9.17, 15) is 9.59 Å². The van der Waals surface area contributed by atoms with Crippen molar-refractivity contribution in [2.75, 3.05) is 20.0 Å². The van der Waals surface area contributed by atoms with Gasteiger partial charge in [0, 0.05) is 14.2 Å². The van der Waals surface area contributed by atoms with Crippen LogP contribution in [0, 0.1) is 0 Å². The number of hydrogen-bond donors (Lipinski definition) is 2. The lowest BCUT2D eigenvalue weighted by Gasteiger charge is -2.13. The molecule has 1 heterocycles. The van der Waals surface area contributed by atoms with Gasteiger partial charge in [-0.15, -0.1) is 5.10 Å². The van der Waals surface area contributed by atoms with E-state index in [0.717, 1.165) is 11.8 Å². The smallest absolute Gasteiger partial charge is 0.318 e. The van der Waals surface area contributed by atoms with E-state index in [-0.39, 0.29) is 12.3 Å². The maximum absolute atomic E-state index is 11.2. The van der Waals surface area contributed by atoms with Gasteiger partial charge in [-0.1, -0.05) is 11.8 Å². The molecular formula is C8H14N6O4S. The molecule has 0 bridgehead atoms. The maximum atomic E-state index is 11.2. The fourth-order valence-corrected chi connectivity index (χ4v) is 1.79. The Hall–Kier alpha value is -1.72. The first kappa shape index (κ1) is 15.3. The minimum Gasteiger partial charge on any atom is -0.354 e. The van der Waals surface area contributed by atoms with Crippen LogP contribution in [-0.4, -0.2) is 58.4 Å². The van der Waals surface area contributed by atoms with Crippen molar-refractivity contribution in [1.29, 1.82) is 0 Å². The van der Waals surface area contributed by atoms with Crippen LogP contribution in [0.4, 0.5) is 4.79 Å². The van der Waals surface area contributed by atoms with Crippen LogP contribution in [-0.2, 0) is 20.8 Å². The average Bonchev–Trinajstić information content (AvgIpc) is 2.79. The van der Waals surface area contributed by atoms with E-state index in [1.165, 1.54) is 18.9 Å². The second kappa shape index (κ2) is 7.66. The van der Waals surface area contributed by atoms with Crippen LogP contribution in [0.3, 0.4) is 0 Å². The van der Waals surface area contributed by atoms with Gasteiger partial charge in [0.05, 0.1) is 12.3 Å². The van der Waals surface area contributed by atoms with Crippen LogP contribution in [0.2, 0.25) is 0 Å². The van der Waals surface area contributed by atoms with E-state index >= 15 is 0 Å². The van der Waals surface area contributed by atoms with Gasteiger partial charge in [0.1, 0.15) is 0 Å². The molecule has 19 heavy (non-hydrogen) atoms. The Morgan fingerprint density at radius 1 is 1.47 bits per heavy atom. The molecule has 0 aliphatic rings. The molecule has 106 valence electrons. The molecule has 0 aliphatic heterocycles. The maximum Gasteiger partial charge on any atom is 0.318 e. The number of rotatable bonds is 7. The van der Waals surface area contributed by atoms with E-state index in [1.807, 2.05) is 5.32 Å². The molecule has 0 radical (unpaired) electrons.